The molecule has 1 aliphatic heterocycles. The van der Waals surface area contributed by atoms with Gasteiger partial charge in [-0.3, -0.25) is 4.79 Å². The quantitative estimate of drug-likeness (QED) is 0.305. The van der Waals surface area contributed by atoms with E-state index in [9.17, 15) is 14.0 Å². The number of carbonyl (C=O) groups is 2. The van der Waals surface area contributed by atoms with Gasteiger partial charge in [-0.15, -0.1) is 0 Å². The van der Waals surface area contributed by atoms with Crippen LogP contribution in [-0.2, 0) is 17.9 Å². The Balaban J connectivity index is 1.33. The Morgan fingerprint density at radius 3 is 2.81 bits per heavy atom. The Hall–Kier alpha value is -3.88. The topological polar surface area (TPSA) is 101 Å². The molecule has 4 N–H and O–H groups in total. The second-order valence-corrected chi connectivity index (χ2v) is 9.39. The number of anilines is 1. The first-order valence-corrected chi connectivity index (χ1v) is 12.4. The van der Waals surface area contributed by atoms with Crippen molar-refractivity contribution in [3.8, 4) is 11.1 Å². The Kier molecular flexibility index (Phi) is 7.12. The molecule has 1 aliphatic rings. The van der Waals surface area contributed by atoms with Crippen LogP contribution in [0.5, 0.6) is 0 Å². The molecule has 3 aromatic carbocycles. The fourth-order valence-electron chi connectivity index (χ4n) is 4.70. The molecule has 0 radical (unpaired) electrons. The van der Waals surface area contributed by atoms with E-state index in [1.54, 1.807) is 18.4 Å². The molecular formula is C28H26ClFN4O3. The van der Waals surface area contributed by atoms with Crippen molar-refractivity contribution in [2.24, 2.45) is 5.73 Å². The van der Waals surface area contributed by atoms with Crippen molar-refractivity contribution in [2.45, 2.75) is 32.0 Å². The predicted molar refractivity (Wildman–Crippen MR) is 142 cm³/mol. The maximum Gasteiger partial charge on any atom is 0.322 e. The second kappa shape index (κ2) is 10.6. The van der Waals surface area contributed by atoms with Crippen LogP contribution in [0.4, 0.5) is 14.9 Å². The molecule has 1 saturated heterocycles. The molecule has 5 rings (SSSR count). The molecule has 0 bridgehead atoms. The van der Waals surface area contributed by atoms with Gasteiger partial charge in [-0.05, 0) is 54.3 Å². The van der Waals surface area contributed by atoms with E-state index in [-0.39, 0.29) is 29.1 Å². The van der Waals surface area contributed by atoms with Crippen LogP contribution in [0, 0.1) is 5.82 Å². The van der Waals surface area contributed by atoms with Crippen LogP contribution in [0.2, 0.25) is 5.02 Å². The van der Waals surface area contributed by atoms with Gasteiger partial charge in [0.25, 0.3) is 0 Å². The fourth-order valence-corrected chi connectivity index (χ4v) is 4.89. The first kappa shape index (κ1) is 24.8. The van der Waals surface area contributed by atoms with Crippen LogP contribution in [0.1, 0.15) is 24.0 Å². The summed E-state index contributed by atoms with van der Waals surface area (Å²) in [5, 5.41) is 6.52. The van der Waals surface area contributed by atoms with Crippen molar-refractivity contribution in [1.29, 1.82) is 0 Å². The maximum atomic E-state index is 14.2. The Morgan fingerprint density at radius 1 is 1.14 bits per heavy atom. The summed E-state index contributed by atoms with van der Waals surface area (Å²) in [7, 11) is 0. The smallest absolute Gasteiger partial charge is 0.322 e. The van der Waals surface area contributed by atoms with Crippen LogP contribution < -0.4 is 16.4 Å². The van der Waals surface area contributed by atoms with Crippen LogP contribution in [0.3, 0.4) is 0 Å². The van der Waals surface area contributed by atoms with E-state index in [2.05, 4.69) is 10.6 Å². The van der Waals surface area contributed by atoms with Gasteiger partial charge in [0.15, 0.2) is 0 Å². The van der Waals surface area contributed by atoms with Crippen molar-refractivity contribution in [2.75, 3.05) is 11.9 Å². The molecule has 0 aliphatic carbocycles. The van der Waals surface area contributed by atoms with Crippen molar-refractivity contribution in [3.05, 3.63) is 88.9 Å². The Morgan fingerprint density at radius 2 is 1.97 bits per heavy atom. The number of fused-ring (bicyclic) bond motifs is 1. The predicted octanol–water partition coefficient (Wildman–Crippen LogP) is 5.66. The average molecular weight is 521 g/mol. The molecule has 3 amide bonds. The van der Waals surface area contributed by atoms with Gasteiger partial charge in [0.05, 0.1) is 11.3 Å². The summed E-state index contributed by atoms with van der Waals surface area (Å²) in [5.41, 5.74) is 10.1. The third-order valence-electron chi connectivity index (χ3n) is 6.58. The number of likely N-dealkylation sites (tertiary alicyclic amines) is 1. The van der Waals surface area contributed by atoms with Crippen LogP contribution in [0.15, 0.2) is 71.3 Å². The summed E-state index contributed by atoms with van der Waals surface area (Å²) < 4.78 is 19.9. The van der Waals surface area contributed by atoms with Crippen molar-refractivity contribution >= 4 is 40.2 Å². The summed E-state index contributed by atoms with van der Waals surface area (Å²) in [4.78, 5) is 27.7. The van der Waals surface area contributed by atoms with E-state index in [0.717, 1.165) is 22.1 Å². The lowest BCUT2D eigenvalue weighted by Gasteiger charge is -2.24. The molecule has 1 aromatic heterocycles. The van der Waals surface area contributed by atoms with Gasteiger partial charge in [-0.2, -0.15) is 0 Å². The zero-order valence-electron chi connectivity index (χ0n) is 20.0. The number of hydrogen-bond donors (Lipinski definition) is 3. The highest BCUT2D eigenvalue weighted by Crippen LogP contribution is 2.34. The van der Waals surface area contributed by atoms with Crippen molar-refractivity contribution in [3.63, 3.8) is 0 Å². The number of rotatable bonds is 6. The van der Waals surface area contributed by atoms with Crippen LogP contribution in [-0.4, -0.2) is 29.4 Å². The van der Waals surface area contributed by atoms with E-state index in [1.807, 2.05) is 42.5 Å². The first-order chi connectivity index (χ1) is 17.9. The minimum Gasteiger partial charge on any atom is -0.464 e. The molecule has 37 heavy (non-hydrogen) atoms. The number of halogens is 2. The van der Waals surface area contributed by atoms with E-state index in [0.29, 0.717) is 37.2 Å². The van der Waals surface area contributed by atoms with Gasteiger partial charge in [0.1, 0.15) is 17.4 Å². The standard InChI is InChI=1S/C28H26ClFN4O3/c29-23-7-2-6-20(25(23)30)16-32-27(35)24-8-3-10-34(24)28(36)33-21-13-19-9-11-37-26(19)22(14-21)18-5-1-4-17(12-18)15-31/h1-2,4-7,9,11-14,24H,3,8,10,15-16,31H2,(H,32,35)(H,33,36). The molecule has 0 saturated carbocycles. The summed E-state index contributed by atoms with van der Waals surface area (Å²) in [5.74, 6) is -0.899. The molecule has 7 nitrogen and oxygen atoms in total. The highest BCUT2D eigenvalue weighted by atomic mass is 35.5. The minimum absolute atomic E-state index is 0.00247. The first-order valence-electron chi connectivity index (χ1n) is 12.0. The molecule has 2 heterocycles. The zero-order chi connectivity index (χ0) is 25.9. The zero-order valence-corrected chi connectivity index (χ0v) is 20.7. The van der Waals surface area contributed by atoms with Crippen LogP contribution >= 0.6 is 11.6 Å². The van der Waals surface area contributed by atoms with Gasteiger partial charge < -0.3 is 25.7 Å². The van der Waals surface area contributed by atoms with E-state index >= 15 is 0 Å². The number of hydrogen-bond acceptors (Lipinski definition) is 4. The van der Waals surface area contributed by atoms with E-state index < -0.39 is 11.9 Å². The third-order valence-corrected chi connectivity index (χ3v) is 6.87. The largest absolute Gasteiger partial charge is 0.464 e. The van der Waals surface area contributed by atoms with Crippen LogP contribution in [0.25, 0.3) is 22.1 Å². The number of nitrogens with zero attached hydrogens (tertiary/aromatic N) is 1. The maximum absolute atomic E-state index is 14.2. The summed E-state index contributed by atoms with van der Waals surface area (Å²) >= 11 is 5.83. The normalized spacial score (nSPS) is 15.2. The van der Waals surface area contributed by atoms with Gasteiger partial charge in [0, 0.05) is 41.8 Å². The van der Waals surface area contributed by atoms with E-state index in [4.69, 9.17) is 21.8 Å². The molecule has 0 spiro atoms. The average Bonchev–Trinajstić information content (AvgIpc) is 3.59. The minimum atomic E-state index is -0.652. The lowest BCUT2D eigenvalue weighted by Crippen LogP contribution is -2.47. The molecule has 1 unspecified atom stereocenters. The molecular weight excluding hydrogens is 495 g/mol. The van der Waals surface area contributed by atoms with Crippen molar-refractivity contribution in [1.82, 2.24) is 10.2 Å². The van der Waals surface area contributed by atoms with Gasteiger partial charge >= 0.3 is 6.03 Å². The van der Waals surface area contributed by atoms with Crippen molar-refractivity contribution < 1.29 is 18.4 Å². The number of nitrogens with two attached hydrogens (primary N) is 1. The summed E-state index contributed by atoms with van der Waals surface area (Å²) in [6, 6.07) is 17.0. The second-order valence-electron chi connectivity index (χ2n) is 8.98. The van der Waals surface area contributed by atoms with Gasteiger partial charge in [-0.1, -0.05) is 41.9 Å². The number of amides is 3. The molecule has 9 heteroatoms. The third kappa shape index (κ3) is 5.16. The number of furan rings is 1. The number of urea groups is 1. The Labute approximate surface area is 218 Å². The van der Waals surface area contributed by atoms with Gasteiger partial charge in [0.2, 0.25) is 5.91 Å². The summed E-state index contributed by atoms with van der Waals surface area (Å²) in [6.45, 7) is 0.836. The van der Waals surface area contributed by atoms with Gasteiger partial charge in [-0.25, -0.2) is 9.18 Å². The highest BCUT2D eigenvalue weighted by Gasteiger charge is 2.34. The number of nitrogens with one attached hydrogen (secondary N) is 2. The monoisotopic (exact) mass is 520 g/mol. The molecule has 1 atom stereocenters. The molecule has 1 fully saturated rings. The SMILES string of the molecule is NCc1cccc(-c2cc(NC(=O)N3CCCC3C(=O)NCc3cccc(Cl)c3F)cc3ccoc23)c1. The number of benzene rings is 3. The van der Waals surface area contributed by atoms with E-state index in [1.165, 1.54) is 11.0 Å². The number of carbonyl (C=O) groups excluding carboxylic acids is 2. The molecule has 190 valence electrons. The summed E-state index contributed by atoms with van der Waals surface area (Å²) in [6.07, 6.45) is 2.82. The highest BCUT2D eigenvalue weighted by molar-refractivity contribution is 6.30. The lowest BCUT2D eigenvalue weighted by atomic mass is 10.0. The fraction of sp³-hybridized carbons (Fsp3) is 0.214. The molecule has 4 aromatic rings. The lowest BCUT2D eigenvalue weighted by molar-refractivity contribution is -0.124. The Bertz CT molecular complexity index is 1470.